The zero-order valence-corrected chi connectivity index (χ0v) is 12.0. The second kappa shape index (κ2) is 5.84. The van der Waals surface area contributed by atoms with E-state index in [1.165, 1.54) is 18.2 Å². The Morgan fingerprint density at radius 2 is 1.95 bits per heavy atom. The van der Waals surface area contributed by atoms with E-state index in [9.17, 15) is 14.9 Å². The summed E-state index contributed by atoms with van der Waals surface area (Å²) in [6.07, 6.45) is 0. The first-order chi connectivity index (χ1) is 9.88. The number of nitrogens with one attached hydrogen (secondary N) is 1. The number of amides is 1. The molecule has 0 atom stereocenters. The predicted octanol–water partition coefficient (Wildman–Crippen LogP) is 2.91. The van der Waals surface area contributed by atoms with Crippen molar-refractivity contribution >= 4 is 28.9 Å². The maximum absolute atomic E-state index is 12.0. The van der Waals surface area contributed by atoms with Gasteiger partial charge in [-0.1, -0.05) is 11.6 Å². The number of aromatic nitrogens is 2. The molecule has 1 amide bonds. The molecule has 1 aromatic heterocycles. The molecule has 7 nitrogen and oxygen atoms in total. The summed E-state index contributed by atoms with van der Waals surface area (Å²) >= 11 is 5.59. The molecule has 1 N–H and O–H groups in total. The first-order valence-corrected chi connectivity index (χ1v) is 6.32. The van der Waals surface area contributed by atoms with Gasteiger partial charge in [0.2, 0.25) is 0 Å². The summed E-state index contributed by atoms with van der Waals surface area (Å²) in [5.74, 6) is -0.514. The molecule has 0 aliphatic heterocycles. The molecule has 1 heterocycles. The van der Waals surface area contributed by atoms with Gasteiger partial charge in [0.05, 0.1) is 10.6 Å². The maximum atomic E-state index is 12.0. The summed E-state index contributed by atoms with van der Waals surface area (Å²) in [5, 5.41) is 20.9. The monoisotopic (exact) mass is 306 g/mol. The van der Waals surface area contributed by atoms with Crippen molar-refractivity contribution in [1.82, 2.24) is 10.2 Å². The van der Waals surface area contributed by atoms with Crippen LogP contribution < -0.4 is 5.32 Å². The lowest BCUT2D eigenvalue weighted by atomic mass is 10.1. The maximum Gasteiger partial charge on any atom is 0.276 e. The first kappa shape index (κ1) is 14.9. The van der Waals surface area contributed by atoms with Crippen LogP contribution in [0.25, 0.3) is 0 Å². The van der Waals surface area contributed by atoms with Crippen LogP contribution in [0.1, 0.15) is 21.6 Å². The fraction of sp³-hybridized carbons (Fsp3) is 0.154. The second-order valence-electron chi connectivity index (χ2n) is 4.41. The Labute approximate surface area is 125 Å². The number of hydrogen-bond acceptors (Lipinski definition) is 5. The molecule has 0 saturated heterocycles. The number of nitro benzene ring substituents is 1. The molecule has 1 aromatic carbocycles. The van der Waals surface area contributed by atoms with Gasteiger partial charge in [-0.05, 0) is 37.6 Å². The van der Waals surface area contributed by atoms with Gasteiger partial charge in [-0.2, -0.15) is 0 Å². The fourth-order valence-electron chi connectivity index (χ4n) is 1.80. The SMILES string of the molecule is Cc1cc(C)c([N+](=O)[O-])cc1NC(=O)c1ccc(Cl)nn1. The Morgan fingerprint density at radius 3 is 2.52 bits per heavy atom. The number of anilines is 1. The van der Waals surface area contributed by atoms with Crippen molar-refractivity contribution in [1.29, 1.82) is 0 Å². The van der Waals surface area contributed by atoms with Crippen molar-refractivity contribution in [2.24, 2.45) is 0 Å². The molecule has 0 radical (unpaired) electrons. The molecule has 2 aromatic rings. The van der Waals surface area contributed by atoms with Crippen molar-refractivity contribution in [3.8, 4) is 0 Å². The molecule has 0 spiro atoms. The van der Waals surface area contributed by atoms with Gasteiger partial charge in [0.15, 0.2) is 10.8 Å². The van der Waals surface area contributed by atoms with Gasteiger partial charge in [0, 0.05) is 11.6 Å². The molecule has 0 unspecified atom stereocenters. The van der Waals surface area contributed by atoms with Gasteiger partial charge < -0.3 is 5.32 Å². The summed E-state index contributed by atoms with van der Waals surface area (Å²) in [7, 11) is 0. The highest BCUT2D eigenvalue weighted by Crippen LogP contribution is 2.26. The molecule has 0 saturated carbocycles. The van der Waals surface area contributed by atoms with Crippen LogP contribution in [-0.4, -0.2) is 21.0 Å². The zero-order chi connectivity index (χ0) is 15.6. The highest BCUT2D eigenvalue weighted by Gasteiger charge is 2.16. The lowest BCUT2D eigenvalue weighted by molar-refractivity contribution is -0.385. The van der Waals surface area contributed by atoms with Crippen LogP contribution in [0.2, 0.25) is 5.15 Å². The van der Waals surface area contributed by atoms with E-state index in [1.54, 1.807) is 19.9 Å². The van der Waals surface area contributed by atoms with Crippen molar-refractivity contribution in [2.45, 2.75) is 13.8 Å². The lowest BCUT2D eigenvalue weighted by Gasteiger charge is -2.09. The third-order valence-electron chi connectivity index (χ3n) is 2.85. The predicted molar refractivity (Wildman–Crippen MR) is 77.6 cm³/mol. The van der Waals surface area contributed by atoms with Crippen molar-refractivity contribution in [2.75, 3.05) is 5.32 Å². The van der Waals surface area contributed by atoms with E-state index in [0.717, 1.165) is 0 Å². The molecule has 0 fully saturated rings. The molecule has 8 heteroatoms. The third-order valence-corrected chi connectivity index (χ3v) is 3.05. The van der Waals surface area contributed by atoms with Gasteiger partial charge in [-0.25, -0.2) is 0 Å². The summed E-state index contributed by atoms with van der Waals surface area (Å²) in [4.78, 5) is 22.5. The number of nitro groups is 1. The van der Waals surface area contributed by atoms with Crippen LogP contribution in [0.4, 0.5) is 11.4 Å². The van der Waals surface area contributed by atoms with Crippen molar-refractivity contribution < 1.29 is 9.72 Å². The van der Waals surface area contributed by atoms with E-state index in [1.807, 2.05) is 0 Å². The summed E-state index contributed by atoms with van der Waals surface area (Å²) in [6, 6.07) is 5.82. The van der Waals surface area contributed by atoms with Gasteiger partial charge in [0.25, 0.3) is 11.6 Å². The number of benzene rings is 1. The second-order valence-corrected chi connectivity index (χ2v) is 4.79. The number of hydrogen-bond donors (Lipinski definition) is 1. The van der Waals surface area contributed by atoms with Crippen LogP contribution >= 0.6 is 11.6 Å². The molecule has 0 bridgehead atoms. The van der Waals surface area contributed by atoms with E-state index in [2.05, 4.69) is 15.5 Å². The van der Waals surface area contributed by atoms with Gasteiger partial charge in [-0.15, -0.1) is 10.2 Å². The van der Waals surface area contributed by atoms with Crippen molar-refractivity contribution in [3.05, 3.63) is 56.4 Å². The van der Waals surface area contributed by atoms with E-state index in [-0.39, 0.29) is 16.5 Å². The number of rotatable bonds is 3. The minimum absolute atomic E-state index is 0.0573. The Hall–Kier alpha value is -2.54. The number of nitrogens with zero attached hydrogens (tertiary/aromatic N) is 3. The fourth-order valence-corrected chi connectivity index (χ4v) is 1.90. The molecular weight excluding hydrogens is 296 g/mol. The zero-order valence-electron chi connectivity index (χ0n) is 11.3. The average Bonchev–Trinajstić information content (AvgIpc) is 2.42. The van der Waals surface area contributed by atoms with Crippen LogP contribution in [0, 0.1) is 24.0 Å². The van der Waals surface area contributed by atoms with Crippen LogP contribution in [0.3, 0.4) is 0 Å². The van der Waals surface area contributed by atoms with Gasteiger partial charge >= 0.3 is 0 Å². The topological polar surface area (TPSA) is 98.0 Å². The van der Waals surface area contributed by atoms with Crippen LogP contribution in [-0.2, 0) is 0 Å². The highest BCUT2D eigenvalue weighted by molar-refractivity contribution is 6.29. The van der Waals surface area contributed by atoms with Crippen LogP contribution in [0.5, 0.6) is 0 Å². The van der Waals surface area contributed by atoms with Gasteiger partial charge in [0.1, 0.15) is 0 Å². The number of carbonyl (C=O) groups is 1. The van der Waals surface area contributed by atoms with E-state index in [0.29, 0.717) is 16.8 Å². The first-order valence-electron chi connectivity index (χ1n) is 5.94. The van der Waals surface area contributed by atoms with E-state index >= 15 is 0 Å². The smallest absolute Gasteiger partial charge is 0.276 e. The summed E-state index contributed by atoms with van der Waals surface area (Å²) in [5.41, 5.74) is 1.62. The molecule has 0 aliphatic carbocycles. The molecule has 2 rings (SSSR count). The summed E-state index contributed by atoms with van der Waals surface area (Å²) in [6.45, 7) is 3.39. The van der Waals surface area contributed by atoms with E-state index in [4.69, 9.17) is 11.6 Å². The van der Waals surface area contributed by atoms with E-state index < -0.39 is 10.8 Å². The lowest BCUT2D eigenvalue weighted by Crippen LogP contribution is -2.15. The summed E-state index contributed by atoms with van der Waals surface area (Å²) < 4.78 is 0. The largest absolute Gasteiger partial charge is 0.320 e. The highest BCUT2D eigenvalue weighted by atomic mass is 35.5. The normalized spacial score (nSPS) is 10.2. The average molecular weight is 307 g/mol. The minimum Gasteiger partial charge on any atom is -0.320 e. The van der Waals surface area contributed by atoms with Gasteiger partial charge in [-0.3, -0.25) is 14.9 Å². The Bertz CT molecular complexity index is 716. The van der Waals surface area contributed by atoms with Crippen molar-refractivity contribution in [3.63, 3.8) is 0 Å². The molecule has 108 valence electrons. The Morgan fingerprint density at radius 1 is 1.24 bits per heavy atom. The minimum atomic E-state index is -0.514. The van der Waals surface area contributed by atoms with Crippen LogP contribution in [0.15, 0.2) is 24.3 Å². The Balaban J connectivity index is 2.30. The number of halogens is 1. The number of carbonyl (C=O) groups excluding carboxylic acids is 1. The number of aryl methyl sites for hydroxylation is 2. The molecule has 0 aliphatic rings. The molecular formula is C13H11ClN4O3. The molecule has 21 heavy (non-hydrogen) atoms. The quantitative estimate of drug-likeness (QED) is 0.694. The third kappa shape index (κ3) is 3.32. The Kier molecular flexibility index (Phi) is 4.13. The standard InChI is InChI=1S/C13H11ClN4O3/c1-7-5-8(2)11(18(20)21)6-10(7)15-13(19)9-3-4-12(14)17-16-9/h3-6H,1-2H3,(H,15,19).